The summed E-state index contributed by atoms with van der Waals surface area (Å²) in [6, 6.07) is 0. The number of aliphatic hydroxyl groups is 6. The van der Waals surface area contributed by atoms with E-state index in [1.165, 1.54) is 30.4 Å². The van der Waals surface area contributed by atoms with E-state index < -0.39 is 121 Å². The maximum atomic E-state index is 13.3. The lowest BCUT2D eigenvalue weighted by molar-refractivity contribution is -0.344. The topological polar surface area (TPSA) is 219 Å². The molecule has 14 nitrogen and oxygen atoms in total. The van der Waals surface area contributed by atoms with Gasteiger partial charge in [-0.3, -0.25) is 4.79 Å². The van der Waals surface area contributed by atoms with Crippen molar-refractivity contribution in [2.75, 3.05) is 0 Å². The Balaban J connectivity index is 1.80. The van der Waals surface area contributed by atoms with E-state index in [9.17, 15) is 45.0 Å². The van der Waals surface area contributed by atoms with Crippen molar-refractivity contribution in [2.45, 2.75) is 175 Å². The molecule has 2 saturated heterocycles. The van der Waals surface area contributed by atoms with Crippen LogP contribution in [0.5, 0.6) is 0 Å². The zero-order chi connectivity index (χ0) is 46.6. The van der Waals surface area contributed by atoms with Gasteiger partial charge in [0, 0.05) is 72.3 Å². The number of rotatable bonds is 15. The molecule has 0 aromatic heterocycles. The van der Waals surface area contributed by atoms with Crippen LogP contribution in [-0.2, 0) is 38.1 Å². The molecule has 2 fully saturated rings. The van der Waals surface area contributed by atoms with Crippen LogP contribution < -0.4 is 0 Å². The van der Waals surface area contributed by atoms with Crippen LogP contribution in [0.3, 0.4) is 0 Å². The SMILES string of the molecule is CC[C@@H]1[C@@H](C)O[C@@](O)([C@@H](C)[C@H](O)[C@H](C)[C@H]2OC(=O)/C=C/C=C/[C@H](C)[C@@H]([C@@H](C)[C@@H](O)[C@H](C)C(=O)/C=C/[C@H](CC)[C@@H](C)O)OC(=O)/C=C/C=C/[C@@H]2C)C[C@H]1O[C@H]1C[C@H](O)[C@H](O)[C@H](C)O1. The Morgan fingerprint density at radius 1 is 0.839 bits per heavy atom. The van der Waals surface area contributed by atoms with E-state index in [2.05, 4.69) is 0 Å². The number of allylic oxidation sites excluding steroid dienone is 5. The first-order valence-electron chi connectivity index (χ1n) is 22.5. The first kappa shape index (κ1) is 53.3. The Labute approximate surface area is 368 Å². The van der Waals surface area contributed by atoms with Gasteiger partial charge in [0.1, 0.15) is 18.3 Å². The third-order valence-corrected chi connectivity index (χ3v) is 13.4. The average Bonchev–Trinajstić information content (AvgIpc) is 3.21. The van der Waals surface area contributed by atoms with Crippen molar-refractivity contribution in [1.29, 1.82) is 0 Å². The van der Waals surface area contributed by atoms with Gasteiger partial charge in [0.15, 0.2) is 17.9 Å². The van der Waals surface area contributed by atoms with Crippen LogP contribution in [0.25, 0.3) is 0 Å². The Kier molecular flexibility index (Phi) is 20.9. The second kappa shape index (κ2) is 24.3. The molecule has 3 aliphatic rings. The van der Waals surface area contributed by atoms with Gasteiger partial charge in [0.05, 0.1) is 42.7 Å². The fourth-order valence-corrected chi connectivity index (χ4v) is 8.99. The number of hydrogen-bond donors (Lipinski definition) is 6. The van der Waals surface area contributed by atoms with Gasteiger partial charge in [-0.25, -0.2) is 9.59 Å². The molecule has 352 valence electrons. The fourth-order valence-electron chi connectivity index (χ4n) is 8.99. The molecule has 0 aliphatic carbocycles. The third kappa shape index (κ3) is 14.2. The van der Waals surface area contributed by atoms with Crippen molar-refractivity contribution < 1.29 is 68.7 Å². The van der Waals surface area contributed by atoms with E-state index in [1.807, 2.05) is 20.8 Å². The molecule has 0 radical (unpaired) electrons. The van der Waals surface area contributed by atoms with Crippen molar-refractivity contribution in [2.24, 2.45) is 47.3 Å². The van der Waals surface area contributed by atoms with Gasteiger partial charge in [0.2, 0.25) is 0 Å². The zero-order valence-electron chi connectivity index (χ0n) is 38.5. The second-order valence-corrected chi connectivity index (χ2v) is 18.0. The van der Waals surface area contributed by atoms with Crippen LogP contribution in [0.1, 0.15) is 102 Å². The maximum absolute atomic E-state index is 13.3. The average molecular weight is 877 g/mol. The highest BCUT2D eigenvalue weighted by Crippen LogP contribution is 2.43. The highest BCUT2D eigenvalue weighted by atomic mass is 16.7. The molecule has 0 amide bonds. The van der Waals surface area contributed by atoms with Gasteiger partial charge in [-0.05, 0) is 39.7 Å². The number of cyclic esters (lactones) is 2. The Morgan fingerprint density at radius 3 is 1.85 bits per heavy atom. The van der Waals surface area contributed by atoms with Gasteiger partial charge in [-0.15, -0.1) is 0 Å². The minimum atomic E-state index is -1.86. The number of esters is 2. The molecule has 0 aromatic carbocycles. The predicted molar refractivity (Wildman–Crippen MR) is 233 cm³/mol. The standard InChI is InChI=1S/C48H76O14/c1-12-35(32(9)49)22-23-37(50)28(5)43(54)29(6)46-26(3)18-14-16-21-41(53)61-47(27(4)19-15-17-20-40(52)60-46)30(7)44(55)31(8)48(57)25-39(36(13-2)33(10)62-48)59-42-24-38(51)45(56)34(11)58-42/h14-23,26-36,38-39,42-47,49,51,54-57H,12-13,24-25H2,1-11H3/b18-14+,19-15+,20-17+,21-16+,23-22+/t26-,27-,28+,29-,30-,31-,32+,33+,34-,35-,36+,38-,39+,42-,43-,44+,45+,46-,47-,48+/m0/s1. The van der Waals surface area contributed by atoms with Gasteiger partial charge in [0.25, 0.3) is 0 Å². The molecule has 0 unspecified atom stereocenters. The van der Waals surface area contributed by atoms with E-state index >= 15 is 0 Å². The minimum absolute atomic E-state index is 0.0146. The van der Waals surface area contributed by atoms with Gasteiger partial charge in [-0.2, -0.15) is 0 Å². The lowest BCUT2D eigenvalue weighted by Crippen LogP contribution is -2.59. The highest BCUT2D eigenvalue weighted by molar-refractivity contribution is 5.92. The number of ether oxygens (including phenoxy) is 5. The molecule has 0 spiro atoms. The summed E-state index contributed by atoms with van der Waals surface area (Å²) in [6.45, 7) is 19.3. The monoisotopic (exact) mass is 877 g/mol. The van der Waals surface area contributed by atoms with E-state index in [0.29, 0.717) is 12.8 Å². The summed E-state index contributed by atoms with van der Waals surface area (Å²) in [5.41, 5.74) is 0. The van der Waals surface area contributed by atoms with Crippen molar-refractivity contribution >= 4 is 17.7 Å². The van der Waals surface area contributed by atoms with E-state index in [4.69, 9.17) is 23.7 Å². The molecule has 3 heterocycles. The quantitative estimate of drug-likeness (QED) is 0.0955. The smallest absolute Gasteiger partial charge is 0.331 e. The molecule has 20 atom stereocenters. The van der Waals surface area contributed by atoms with Gasteiger partial charge in [-0.1, -0.05) is 97.9 Å². The number of carbonyl (C=O) groups is 3. The summed E-state index contributed by atoms with van der Waals surface area (Å²) < 4.78 is 30.3. The second-order valence-electron chi connectivity index (χ2n) is 18.0. The molecule has 62 heavy (non-hydrogen) atoms. The first-order valence-corrected chi connectivity index (χ1v) is 22.5. The summed E-state index contributed by atoms with van der Waals surface area (Å²) in [4.78, 5) is 39.5. The molecule has 14 heteroatoms. The number of ketones is 1. The summed E-state index contributed by atoms with van der Waals surface area (Å²) in [5, 5.41) is 65.8. The number of carbonyl (C=O) groups excluding carboxylic acids is 3. The van der Waals surface area contributed by atoms with Gasteiger partial charge < -0.3 is 54.3 Å². The molecular weight excluding hydrogens is 801 g/mol. The molecular formula is C48H76O14. The van der Waals surface area contributed by atoms with Crippen molar-refractivity contribution in [1.82, 2.24) is 0 Å². The molecule has 0 bridgehead atoms. The summed E-state index contributed by atoms with van der Waals surface area (Å²) in [6.07, 6.45) is 7.06. The Bertz CT molecular complexity index is 1580. The molecule has 3 rings (SSSR count). The highest BCUT2D eigenvalue weighted by Gasteiger charge is 2.52. The normalized spacial score (nSPS) is 38.9. The third-order valence-electron chi connectivity index (χ3n) is 13.4. The fraction of sp³-hybridized carbons (Fsp3) is 0.729. The summed E-state index contributed by atoms with van der Waals surface area (Å²) in [7, 11) is 0. The molecule has 0 aromatic rings. The van der Waals surface area contributed by atoms with Crippen LogP contribution in [0, 0.1) is 47.3 Å². The van der Waals surface area contributed by atoms with Crippen LogP contribution in [0.15, 0.2) is 60.8 Å². The van der Waals surface area contributed by atoms with Crippen LogP contribution in [0.2, 0.25) is 0 Å². The van der Waals surface area contributed by atoms with Crippen LogP contribution in [-0.4, -0.2) is 121 Å². The van der Waals surface area contributed by atoms with Crippen molar-refractivity contribution in [3.63, 3.8) is 0 Å². The molecule has 0 saturated carbocycles. The lowest BCUT2D eigenvalue weighted by atomic mass is 9.76. The summed E-state index contributed by atoms with van der Waals surface area (Å²) >= 11 is 0. The Morgan fingerprint density at radius 2 is 1.37 bits per heavy atom. The van der Waals surface area contributed by atoms with Crippen molar-refractivity contribution in [3.05, 3.63) is 60.8 Å². The number of aliphatic hydroxyl groups excluding tert-OH is 5. The summed E-state index contributed by atoms with van der Waals surface area (Å²) in [5.74, 6) is -7.97. The lowest BCUT2D eigenvalue weighted by Gasteiger charge is -2.50. The van der Waals surface area contributed by atoms with Crippen molar-refractivity contribution in [3.8, 4) is 0 Å². The van der Waals surface area contributed by atoms with E-state index in [0.717, 1.165) is 0 Å². The predicted octanol–water partition coefficient (Wildman–Crippen LogP) is 4.88. The molecule has 6 N–H and O–H groups in total. The Hall–Kier alpha value is -3.05. The van der Waals surface area contributed by atoms with Crippen LogP contribution in [0.4, 0.5) is 0 Å². The van der Waals surface area contributed by atoms with Gasteiger partial charge >= 0.3 is 11.9 Å². The minimum Gasteiger partial charge on any atom is -0.458 e. The number of hydrogen-bond acceptors (Lipinski definition) is 14. The zero-order valence-corrected chi connectivity index (χ0v) is 38.5. The van der Waals surface area contributed by atoms with Crippen LogP contribution >= 0.6 is 0 Å². The van der Waals surface area contributed by atoms with E-state index in [-0.39, 0.29) is 30.5 Å². The molecule has 3 aliphatic heterocycles. The first-order chi connectivity index (χ1) is 29.1. The van der Waals surface area contributed by atoms with E-state index in [1.54, 1.807) is 85.8 Å². The largest absolute Gasteiger partial charge is 0.458 e. The maximum Gasteiger partial charge on any atom is 0.331 e.